The zero-order valence-electron chi connectivity index (χ0n) is 17.8. The number of carbonyl (C=O) groups excluding carboxylic acids is 2. The Bertz CT molecular complexity index is 1370. The molecule has 1 N–H and O–H groups in total. The van der Waals surface area contributed by atoms with E-state index in [9.17, 15) is 18.4 Å². The lowest BCUT2D eigenvalue weighted by Gasteiger charge is -2.40. The molecule has 7 nitrogen and oxygen atoms in total. The highest BCUT2D eigenvalue weighted by Gasteiger charge is 2.36. The molecule has 1 fully saturated rings. The average Bonchev–Trinajstić information content (AvgIpc) is 3.40. The Morgan fingerprint density at radius 1 is 1.18 bits per heavy atom. The van der Waals surface area contributed by atoms with Gasteiger partial charge < -0.3 is 10.2 Å². The van der Waals surface area contributed by atoms with E-state index in [0.717, 1.165) is 17.4 Å². The molecule has 4 aromatic rings. The number of aromatic nitrogens is 3. The number of nitrogens with one attached hydrogen (secondary N) is 1. The fraction of sp³-hybridized carbons (Fsp3) is 0.273. The van der Waals surface area contributed by atoms with Gasteiger partial charge in [-0.2, -0.15) is 0 Å². The number of benzene rings is 1. The molecule has 1 atom stereocenters. The number of thiazole rings is 2. The zero-order valence-corrected chi connectivity index (χ0v) is 19.4. The van der Waals surface area contributed by atoms with Crippen molar-refractivity contribution in [1.29, 1.82) is 0 Å². The Balaban J connectivity index is 1.32. The van der Waals surface area contributed by atoms with Gasteiger partial charge in [0.25, 0.3) is 11.8 Å². The molecule has 11 heteroatoms. The third-order valence-electron chi connectivity index (χ3n) is 5.62. The predicted molar refractivity (Wildman–Crippen MR) is 122 cm³/mol. The molecule has 3 aromatic heterocycles. The van der Waals surface area contributed by atoms with Crippen molar-refractivity contribution in [3.63, 3.8) is 0 Å². The Hall–Kier alpha value is -3.18. The van der Waals surface area contributed by atoms with Gasteiger partial charge in [-0.05, 0) is 38.0 Å². The Kier molecular flexibility index (Phi) is 5.45. The highest BCUT2D eigenvalue weighted by molar-refractivity contribution is 7.15. The molecule has 4 heterocycles. The van der Waals surface area contributed by atoms with Crippen molar-refractivity contribution in [3.05, 3.63) is 63.5 Å². The minimum absolute atomic E-state index is 0.171. The number of likely N-dealkylation sites (tertiary alicyclic amines) is 1. The normalized spacial score (nSPS) is 15.6. The van der Waals surface area contributed by atoms with Crippen molar-refractivity contribution in [1.82, 2.24) is 24.6 Å². The number of nitrogens with zero attached hydrogens (tertiary/aromatic N) is 4. The number of fused-ring (bicyclic) bond motifs is 1. The molecule has 1 aliphatic rings. The van der Waals surface area contributed by atoms with Crippen LogP contribution in [0.25, 0.3) is 15.4 Å². The smallest absolute Gasteiger partial charge is 0.274 e. The van der Waals surface area contributed by atoms with Crippen LogP contribution in [0.3, 0.4) is 0 Å². The van der Waals surface area contributed by atoms with Gasteiger partial charge in [0.1, 0.15) is 23.0 Å². The van der Waals surface area contributed by atoms with E-state index < -0.39 is 11.6 Å². The highest BCUT2D eigenvalue weighted by Crippen LogP contribution is 2.33. The number of carbonyl (C=O) groups is 2. The molecule has 0 radical (unpaired) electrons. The third kappa shape index (κ3) is 3.91. The van der Waals surface area contributed by atoms with E-state index in [2.05, 4.69) is 15.3 Å². The van der Waals surface area contributed by atoms with Crippen molar-refractivity contribution in [3.8, 4) is 10.4 Å². The molecule has 1 saturated heterocycles. The first-order chi connectivity index (χ1) is 15.8. The van der Waals surface area contributed by atoms with E-state index in [1.807, 2.05) is 5.38 Å². The van der Waals surface area contributed by atoms with Crippen LogP contribution < -0.4 is 5.32 Å². The van der Waals surface area contributed by atoms with Crippen LogP contribution >= 0.6 is 22.7 Å². The summed E-state index contributed by atoms with van der Waals surface area (Å²) < 4.78 is 29.3. The number of imidazole rings is 1. The van der Waals surface area contributed by atoms with Gasteiger partial charge in [-0.15, -0.1) is 22.7 Å². The van der Waals surface area contributed by atoms with Crippen LogP contribution in [0.15, 0.2) is 29.8 Å². The molecule has 33 heavy (non-hydrogen) atoms. The van der Waals surface area contributed by atoms with Crippen molar-refractivity contribution < 1.29 is 18.4 Å². The minimum Gasteiger partial charge on any atom is -0.349 e. The lowest BCUT2D eigenvalue weighted by atomic mass is 10.0. The quantitative estimate of drug-likeness (QED) is 0.461. The molecule has 0 spiro atoms. The van der Waals surface area contributed by atoms with Crippen molar-refractivity contribution in [2.45, 2.75) is 26.3 Å². The second-order valence-electron chi connectivity index (χ2n) is 7.82. The van der Waals surface area contributed by atoms with Gasteiger partial charge in [0.2, 0.25) is 0 Å². The first-order valence-electron chi connectivity index (χ1n) is 10.3. The molecule has 1 aromatic carbocycles. The van der Waals surface area contributed by atoms with Crippen LogP contribution in [0, 0.1) is 25.5 Å². The lowest BCUT2D eigenvalue weighted by molar-refractivity contribution is 0.0451. The van der Waals surface area contributed by atoms with E-state index in [1.165, 1.54) is 34.8 Å². The standard InChI is InChI=1S/C22H19F2N5O2S2/c1-11-18(29-5-6-32-22(29)26-11)20(30)25-10-16-3-4-28(16)21(31)17-19(33-12(2)27-17)13-7-14(23)9-15(24)8-13/h5-9,16H,3-4,10H2,1-2H3,(H,25,30)/t16-/m0/s1. The maximum atomic E-state index is 13.8. The van der Waals surface area contributed by atoms with E-state index >= 15 is 0 Å². The SMILES string of the molecule is Cc1nc(C(=O)N2CC[C@H]2CNC(=O)c2c(C)nc3sccn23)c(-c2cc(F)cc(F)c2)s1. The summed E-state index contributed by atoms with van der Waals surface area (Å²) in [6.07, 6.45) is 2.54. The number of hydrogen-bond acceptors (Lipinski definition) is 6. The van der Waals surface area contributed by atoms with E-state index in [4.69, 9.17) is 0 Å². The summed E-state index contributed by atoms with van der Waals surface area (Å²) in [6, 6.07) is 2.99. The fourth-order valence-electron chi connectivity index (χ4n) is 3.97. The first kappa shape index (κ1) is 21.7. The largest absolute Gasteiger partial charge is 0.349 e. The summed E-state index contributed by atoms with van der Waals surface area (Å²) in [5, 5.41) is 5.39. The highest BCUT2D eigenvalue weighted by atomic mass is 32.1. The van der Waals surface area contributed by atoms with Gasteiger partial charge in [-0.1, -0.05) is 0 Å². The summed E-state index contributed by atoms with van der Waals surface area (Å²) in [4.78, 5) is 37.6. The Morgan fingerprint density at radius 2 is 1.94 bits per heavy atom. The van der Waals surface area contributed by atoms with Crippen molar-refractivity contribution >= 4 is 39.4 Å². The number of rotatable bonds is 5. The Labute approximate surface area is 195 Å². The van der Waals surface area contributed by atoms with Crippen LogP contribution in [-0.4, -0.2) is 50.2 Å². The average molecular weight is 488 g/mol. The molecule has 0 unspecified atom stereocenters. The molecule has 2 amide bonds. The van der Waals surface area contributed by atoms with Gasteiger partial charge in [0, 0.05) is 30.7 Å². The van der Waals surface area contributed by atoms with E-state index in [-0.39, 0.29) is 35.7 Å². The predicted octanol–water partition coefficient (Wildman–Crippen LogP) is 4.06. The van der Waals surface area contributed by atoms with Gasteiger partial charge in [0.05, 0.1) is 21.6 Å². The Morgan fingerprint density at radius 3 is 2.64 bits per heavy atom. The second kappa shape index (κ2) is 8.31. The molecule has 170 valence electrons. The number of hydrogen-bond donors (Lipinski definition) is 1. The lowest BCUT2D eigenvalue weighted by Crippen LogP contribution is -2.56. The third-order valence-corrected chi connectivity index (χ3v) is 7.39. The van der Waals surface area contributed by atoms with Crippen molar-refractivity contribution in [2.75, 3.05) is 13.1 Å². The monoisotopic (exact) mass is 487 g/mol. The maximum Gasteiger partial charge on any atom is 0.274 e. The van der Waals surface area contributed by atoms with Crippen LogP contribution in [0.1, 0.15) is 38.1 Å². The fourth-order valence-corrected chi connectivity index (χ4v) is 5.63. The summed E-state index contributed by atoms with van der Waals surface area (Å²) in [5.41, 5.74) is 1.58. The second-order valence-corrected chi connectivity index (χ2v) is 9.90. The molecular weight excluding hydrogens is 468 g/mol. The van der Waals surface area contributed by atoms with Gasteiger partial charge >= 0.3 is 0 Å². The minimum atomic E-state index is -0.714. The van der Waals surface area contributed by atoms with Gasteiger partial charge in [0.15, 0.2) is 4.96 Å². The van der Waals surface area contributed by atoms with Gasteiger partial charge in [-0.3, -0.25) is 14.0 Å². The summed E-state index contributed by atoms with van der Waals surface area (Å²) in [5.74, 6) is -1.99. The molecule has 0 bridgehead atoms. The molecule has 5 rings (SSSR count). The van der Waals surface area contributed by atoms with Crippen molar-refractivity contribution in [2.24, 2.45) is 0 Å². The van der Waals surface area contributed by atoms with E-state index in [1.54, 1.807) is 29.3 Å². The first-order valence-corrected chi connectivity index (χ1v) is 12.0. The van der Waals surface area contributed by atoms with E-state index in [0.29, 0.717) is 27.8 Å². The molecular formula is C22H19F2N5O2S2. The van der Waals surface area contributed by atoms with Crippen LogP contribution in [0.2, 0.25) is 0 Å². The number of amides is 2. The summed E-state index contributed by atoms with van der Waals surface area (Å²) >= 11 is 2.67. The van der Waals surface area contributed by atoms with Crippen LogP contribution in [0.4, 0.5) is 8.78 Å². The number of halogens is 2. The molecule has 0 aliphatic carbocycles. The maximum absolute atomic E-state index is 13.8. The molecule has 1 aliphatic heterocycles. The topological polar surface area (TPSA) is 79.6 Å². The van der Waals surface area contributed by atoms with Crippen LogP contribution in [0.5, 0.6) is 0 Å². The summed E-state index contributed by atoms with van der Waals surface area (Å²) in [7, 11) is 0. The zero-order chi connectivity index (χ0) is 23.3. The van der Waals surface area contributed by atoms with Crippen LogP contribution in [-0.2, 0) is 0 Å². The molecule has 0 saturated carbocycles. The summed E-state index contributed by atoms with van der Waals surface area (Å²) in [6.45, 7) is 4.34. The van der Waals surface area contributed by atoms with Gasteiger partial charge in [-0.25, -0.2) is 18.7 Å². The number of aryl methyl sites for hydroxylation is 2.